The average molecular weight is 485 g/mol. The summed E-state index contributed by atoms with van der Waals surface area (Å²) in [5, 5.41) is 2.32. The van der Waals surface area contributed by atoms with E-state index in [1.165, 1.54) is 6.20 Å². The van der Waals surface area contributed by atoms with Gasteiger partial charge in [-0.15, -0.1) is 0 Å². The summed E-state index contributed by atoms with van der Waals surface area (Å²) in [7, 11) is 0. The third-order valence-corrected chi connectivity index (χ3v) is 6.27. The van der Waals surface area contributed by atoms with Crippen molar-refractivity contribution in [2.75, 3.05) is 39.4 Å². The number of aliphatic imine (C=N–C) groups is 1. The van der Waals surface area contributed by atoms with Gasteiger partial charge in [-0.05, 0) is 23.1 Å². The molecule has 0 bridgehead atoms. The van der Waals surface area contributed by atoms with Gasteiger partial charge in [0.25, 0.3) is 11.8 Å². The fraction of sp³-hybridized carbons (Fsp3) is 0.462. The van der Waals surface area contributed by atoms with Crippen LogP contribution in [0, 0.1) is 0 Å². The highest BCUT2D eigenvalue weighted by Gasteiger charge is 2.34. The van der Waals surface area contributed by atoms with Crippen LogP contribution in [0.25, 0.3) is 0 Å². The molecule has 0 aliphatic carbocycles. The van der Waals surface area contributed by atoms with Gasteiger partial charge in [-0.25, -0.2) is 8.78 Å². The Morgan fingerprint density at radius 2 is 1.94 bits per heavy atom. The molecular formula is C26H30F2N4O3. The summed E-state index contributed by atoms with van der Waals surface area (Å²) in [5.41, 5.74) is 3.12. The lowest BCUT2D eigenvalue weighted by Gasteiger charge is -2.30. The monoisotopic (exact) mass is 484 g/mol. The maximum Gasteiger partial charge on any atom is 0.277 e. The lowest BCUT2D eigenvalue weighted by atomic mass is 9.94. The molecule has 0 spiro atoms. The molecule has 1 aromatic heterocycles. The zero-order valence-electron chi connectivity index (χ0n) is 19.8. The Morgan fingerprint density at radius 3 is 2.69 bits per heavy atom. The highest BCUT2D eigenvalue weighted by atomic mass is 19.3. The third kappa shape index (κ3) is 6.76. The highest BCUT2D eigenvalue weighted by Crippen LogP contribution is 2.22. The molecule has 2 aliphatic heterocycles. The minimum Gasteiger partial charge on any atom is -0.379 e. The van der Waals surface area contributed by atoms with Crippen molar-refractivity contribution < 1.29 is 23.1 Å². The van der Waals surface area contributed by atoms with Crippen LogP contribution in [0.15, 0.2) is 47.6 Å². The molecule has 9 heteroatoms. The van der Waals surface area contributed by atoms with E-state index in [1.807, 2.05) is 37.3 Å². The van der Waals surface area contributed by atoms with Gasteiger partial charge in [0.1, 0.15) is 11.5 Å². The molecule has 3 heterocycles. The predicted molar refractivity (Wildman–Crippen MR) is 128 cm³/mol. The number of carbonyl (C=O) groups excluding carboxylic acids is 2. The van der Waals surface area contributed by atoms with Crippen molar-refractivity contribution >= 4 is 17.4 Å². The Hall–Kier alpha value is -3.04. The van der Waals surface area contributed by atoms with Crippen molar-refractivity contribution in [2.45, 2.75) is 38.2 Å². The Kier molecular flexibility index (Phi) is 7.97. The lowest BCUT2D eigenvalue weighted by molar-refractivity contribution is -0.119. The van der Waals surface area contributed by atoms with Crippen molar-refractivity contribution in [3.8, 4) is 0 Å². The number of halogens is 2. The highest BCUT2D eigenvalue weighted by molar-refractivity contribution is 6.46. The predicted octanol–water partition coefficient (Wildman–Crippen LogP) is 2.77. The van der Waals surface area contributed by atoms with Crippen LogP contribution >= 0.6 is 0 Å². The Bertz CT molecular complexity index is 1090. The number of aromatic nitrogens is 1. The fourth-order valence-electron chi connectivity index (χ4n) is 4.38. The summed E-state index contributed by atoms with van der Waals surface area (Å²) in [6.07, 6.45) is 2.11. The van der Waals surface area contributed by atoms with E-state index in [4.69, 9.17) is 4.74 Å². The van der Waals surface area contributed by atoms with Crippen LogP contribution in [0.2, 0.25) is 0 Å². The second kappa shape index (κ2) is 11.1. The first-order valence-corrected chi connectivity index (χ1v) is 11.9. The quantitative estimate of drug-likeness (QED) is 0.561. The van der Waals surface area contributed by atoms with Crippen molar-refractivity contribution in [1.82, 2.24) is 15.2 Å². The van der Waals surface area contributed by atoms with Gasteiger partial charge >= 0.3 is 0 Å². The number of pyridine rings is 1. The molecule has 1 atom stereocenters. The van der Waals surface area contributed by atoms with Gasteiger partial charge < -0.3 is 10.1 Å². The molecule has 35 heavy (non-hydrogen) atoms. The summed E-state index contributed by atoms with van der Waals surface area (Å²) in [6.45, 7) is 2.85. The largest absolute Gasteiger partial charge is 0.379 e. The minimum absolute atomic E-state index is 0.0770. The van der Waals surface area contributed by atoms with E-state index < -0.39 is 24.9 Å². The van der Waals surface area contributed by atoms with Crippen LogP contribution in [0.1, 0.15) is 41.6 Å². The first-order chi connectivity index (χ1) is 16.8. The summed E-state index contributed by atoms with van der Waals surface area (Å²) >= 11 is 0. The number of rotatable bonds is 10. The smallest absolute Gasteiger partial charge is 0.277 e. The number of nitrogens with zero attached hydrogens (tertiary/aromatic N) is 3. The zero-order chi connectivity index (χ0) is 24.8. The standard InChI is InChI=1S/C26H30F2N4O3/c1-18(19-5-3-2-4-6-19)11-22(33)13-21-12-20-14-30-24(23(20)15-29-21)25(34)31-16-26(27,28)17-32-7-9-35-10-8-32/h2-6,12,15,18H,7-11,13-14,16-17H2,1H3,(H,31,34)/t18-/m0/s1. The van der Waals surface area contributed by atoms with E-state index in [0.717, 1.165) is 11.1 Å². The van der Waals surface area contributed by atoms with Crippen molar-refractivity contribution in [1.29, 1.82) is 0 Å². The van der Waals surface area contributed by atoms with Crippen LogP contribution in [0.4, 0.5) is 8.78 Å². The number of morpholine rings is 1. The first kappa shape index (κ1) is 25.1. The Balaban J connectivity index is 1.30. The van der Waals surface area contributed by atoms with Gasteiger partial charge in [0.15, 0.2) is 0 Å². The van der Waals surface area contributed by atoms with Gasteiger partial charge in [0.2, 0.25) is 0 Å². The van der Waals surface area contributed by atoms with Crippen LogP contribution in [0.3, 0.4) is 0 Å². The topological polar surface area (TPSA) is 83.9 Å². The Morgan fingerprint density at radius 1 is 1.20 bits per heavy atom. The molecule has 7 nitrogen and oxygen atoms in total. The third-order valence-electron chi connectivity index (χ3n) is 6.27. The molecular weight excluding hydrogens is 454 g/mol. The number of nitrogens with one attached hydrogen (secondary N) is 1. The number of amides is 1. The molecule has 0 saturated carbocycles. The van der Waals surface area contributed by atoms with Gasteiger partial charge in [0, 0.05) is 43.4 Å². The normalized spacial score (nSPS) is 16.9. The van der Waals surface area contributed by atoms with Gasteiger partial charge in [-0.2, -0.15) is 0 Å². The second-order valence-electron chi connectivity index (χ2n) is 9.16. The van der Waals surface area contributed by atoms with Crippen LogP contribution in [-0.4, -0.2) is 72.6 Å². The number of hydrogen-bond donors (Lipinski definition) is 1. The number of carbonyl (C=O) groups is 2. The molecule has 4 rings (SSSR count). The summed E-state index contributed by atoms with van der Waals surface area (Å²) in [4.78, 5) is 35.4. The minimum atomic E-state index is -3.06. The number of ether oxygens (including phenoxy) is 1. The van der Waals surface area contributed by atoms with Crippen molar-refractivity contribution in [3.63, 3.8) is 0 Å². The molecule has 1 fully saturated rings. The second-order valence-corrected chi connectivity index (χ2v) is 9.16. The molecule has 2 aliphatic rings. The number of ketones is 1. The molecule has 1 N–H and O–H groups in total. The number of fused-ring (bicyclic) bond motifs is 1. The number of alkyl halides is 2. The lowest BCUT2D eigenvalue weighted by Crippen LogP contribution is -2.49. The first-order valence-electron chi connectivity index (χ1n) is 11.9. The molecule has 1 amide bonds. The summed E-state index contributed by atoms with van der Waals surface area (Å²) in [6, 6.07) is 11.6. The van der Waals surface area contributed by atoms with Gasteiger partial charge in [-0.3, -0.25) is 24.5 Å². The van der Waals surface area contributed by atoms with Gasteiger partial charge in [0.05, 0.1) is 32.8 Å². The zero-order valence-corrected chi connectivity index (χ0v) is 19.8. The van der Waals surface area contributed by atoms with E-state index >= 15 is 0 Å². The van der Waals surface area contributed by atoms with E-state index in [0.29, 0.717) is 44.0 Å². The molecule has 1 aromatic carbocycles. The van der Waals surface area contributed by atoms with Gasteiger partial charge in [-0.1, -0.05) is 37.3 Å². The van der Waals surface area contributed by atoms with Crippen LogP contribution in [0.5, 0.6) is 0 Å². The molecule has 0 unspecified atom stereocenters. The maximum absolute atomic E-state index is 14.3. The van der Waals surface area contributed by atoms with E-state index in [2.05, 4.69) is 15.3 Å². The molecule has 1 saturated heterocycles. The number of benzene rings is 1. The van der Waals surface area contributed by atoms with E-state index in [1.54, 1.807) is 11.0 Å². The van der Waals surface area contributed by atoms with Crippen molar-refractivity contribution in [3.05, 3.63) is 65.0 Å². The summed E-state index contributed by atoms with van der Waals surface area (Å²) < 4.78 is 33.9. The summed E-state index contributed by atoms with van der Waals surface area (Å²) in [5.74, 6) is -3.52. The number of hydrogen-bond acceptors (Lipinski definition) is 6. The van der Waals surface area contributed by atoms with Crippen LogP contribution in [-0.2, 0) is 27.3 Å². The maximum atomic E-state index is 14.3. The molecule has 186 valence electrons. The molecule has 2 aromatic rings. The fourth-order valence-corrected chi connectivity index (χ4v) is 4.38. The average Bonchev–Trinajstić information content (AvgIpc) is 3.27. The number of Topliss-reactive ketones (excluding diaryl/α,β-unsaturated/α-hetero) is 1. The van der Waals surface area contributed by atoms with Crippen LogP contribution < -0.4 is 5.32 Å². The molecule has 0 radical (unpaired) electrons. The van der Waals surface area contributed by atoms with Crippen molar-refractivity contribution in [2.24, 2.45) is 4.99 Å². The SMILES string of the molecule is C[C@@H](CC(=O)Cc1cc2c(cn1)C(C(=O)NCC(F)(F)CN1CCOCC1)=NC2)c1ccccc1. The Labute approximate surface area is 203 Å². The van der Waals surface area contributed by atoms with E-state index in [-0.39, 0.29) is 30.4 Å². The van der Waals surface area contributed by atoms with E-state index in [9.17, 15) is 18.4 Å².